The van der Waals surface area contributed by atoms with Crippen LogP contribution in [0.1, 0.15) is 34.6 Å². The molecule has 0 saturated heterocycles. The van der Waals surface area contributed by atoms with Crippen LogP contribution in [0.3, 0.4) is 0 Å². The van der Waals surface area contributed by atoms with Gasteiger partial charge in [0.25, 0.3) is 0 Å². The molecule has 10 heteroatoms. The van der Waals surface area contributed by atoms with E-state index in [0.717, 1.165) is 22.5 Å². The number of nitrogens with zero attached hydrogens (tertiary/aromatic N) is 3. The van der Waals surface area contributed by atoms with Crippen molar-refractivity contribution in [3.8, 4) is 22.5 Å². The normalized spacial score (nSPS) is 11.0. The molecule has 3 aromatic heterocycles. The first-order valence-electron chi connectivity index (χ1n) is 11.2. The van der Waals surface area contributed by atoms with Crippen molar-refractivity contribution in [2.24, 2.45) is 0 Å². The molecule has 0 unspecified atom stereocenters. The Morgan fingerprint density at radius 3 is 2.46 bits per heavy atom. The molecule has 0 spiro atoms. The summed E-state index contributed by atoms with van der Waals surface area (Å²) in [5.74, 6) is 0.275. The van der Waals surface area contributed by atoms with Crippen molar-refractivity contribution in [3.05, 3.63) is 57.1 Å². The molecule has 1 aromatic carbocycles. The molecule has 7 nitrogen and oxygen atoms in total. The van der Waals surface area contributed by atoms with Crippen LogP contribution in [-0.4, -0.2) is 39.0 Å². The Bertz CT molecular complexity index is 1340. The highest BCUT2D eigenvalue weighted by Crippen LogP contribution is 2.36. The maximum Gasteiger partial charge on any atom is 0.341 e. The predicted octanol–water partition coefficient (Wildman–Crippen LogP) is 6.28. The molecule has 0 radical (unpaired) electrons. The van der Waals surface area contributed by atoms with Crippen LogP contribution in [0.2, 0.25) is 0 Å². The number of ether oxygens (including phenoxy) is 1. The lowest BCUT2D eigenvalue weighted by Gasteiger charge is -2.09. The van der Waals surface area contributed by atoms with Crippen LogP contribution in [0.15, 0.2) is 46.2 Å². The first-order chi connectivity index (χ1) is 16.9. The molecule has 35 heavy (non-hydrogen) atoms. The third-order valence-electron chi connectivity index (χ3n) is 5.50. The van der Waals surface area contributed by atoms with Crippen molar-refractivity contribution >= 4 is 51.3 Å². The Morgan fingerprint density at radius 2 is 1.80 bits per heavy atom. The van der Waals surface area contributed by atoms with Crippen molar-refractivity contribution in [2.75, 3.05) is 17.7 Å². The smallest absolute Gasteiger partial charge is 0.341 e. The van der Waals surface area contributed by atoms with E-state index in [-0.39, 0.29) is 18.3 Å². The number of amides is 1. The molecular weight excluding hydrogens is 501 g/mol. The highest BCUT2D eigenvalue weighted by molar-refractivity contribution is 7.99. The zero-order valence-electron chi connectivity index (χ0n) is 20.0. The fourth-order valence-electron chi connectivity index (χ4n) is 3.59. The molecule has 0 atom stereocenters. The number of carbonyl (C=O) groups is 2. The van der Waals surface area contributed by atoms with E-state index >= 15 is 0 Å². The van der Waals surface area contributed by atoms with Gasteiger partial charge in [0.1, 0.15) is 10.6 Å². The second-order valence-corrected chi connectivity index (χ2v) is 10.6. The van der Waals surface area contributed by atoms with Crippen LogP contribution < -0.4 is 5.32 Å². The molecule has 1 amide bonds. The fourth-order valence-corrected chi connectivity index (χ4v) is 6.23. The lowest BCUT2D eigenvalue weighted by atomic mass is 10.0. The van der Waals surface area contributed by atoms with Crippen LogP contribution >= 0.6 is 34.4 Å². The third-order valence-corrected chi connectivity index (χ3v) is 8.38. The molecule has 0 bridgehead atoms. The summed E-state index contributed by atoms with van der Waals surface area (Å²) in [6.07, 6.45) is 0. The van der Waals surface area contributed by atoms with Gasteiger partial charge in [-0.1, -0.05) is 42.1 Å². The first kappa shape index (κ1) is 25.2. The summed E-state index contributed by atoms with van der Waals surface area (Å²) in [5, 5.41) is 16.8. The van der Waals surface area contributed by atoms with Gasteiger partial charge in [0.05, 0.1) is 12.4 Å². The number of rotatable bonds is 9. The van der Waals surface area contributed by atoms with E-state index in [0.29, 0.717) is 22.3 Å². The Labute approximate surface area is 216 Å². The number of benzene rings is 1. The standard InChI is InChI=1S/C25H26N4O3S3/c1-5-29-22(18-12-33-16(4)15(18)3)27-28-25(29)35-14-20(30)26-23-21(24(31)32-6-2)19(13-34-23)17-10-8-7-9-11-17/h7-13H,5-6,14H2,1-4H3,(H,26,30). The summed E-state index contributed by atoms with van der Waals surface area (Å²) in [4.78, 5) is 26.9. The average molecular weight is 527 g/mol. The monoisotopic (exact) mass is 526 g/mol. The number of esters is 1. The number of hydrogen-bond donors (Lipinski definition) is 1. The molecule has 4 rings (SSSR count). The molecule has 0 aliphatic heterocycles. The van der Waals surface area contributed by atoms with E-state index in [1.165, 1.54) is 33.5 Å². The maximum absolute atomic E-state index is 12.9. The van der Waals surface area contributed by atoms with Crippen LogP contribution in [0.4, 0.5) is 5.00 Å². The van der Waals surface area contributed by atoms with Gasteiger partial charge >= 0.3 is 5.97 Å². The number of nitrogens with one attached hydrogen (secondary N) is 1. The topological polar surface area (TPSA) is 86.1 Å². The van der Waals surface area contributed by atoms with Gasteiger partial charge in [-0.25, -0.2) is 4.79 Å². The van der Waals surface area contributed by atoms with Crippen LogP contribution in [-0.2, 0) is 16.1 Å². The zero-order valence-corrected chi connectivity index (χ0v) is 22.4. The molecule has 0 aliphatic carbocycles. The first-order valence-corrected chi connectivity index (χ1v) is 13.9. The Balaban J connectivity index is 1.51. The Hall–Kier alpha value is -2.95. The van der Waals surface area contributed by atoms with Gasteiger partial charge < -0.3 is 14.6 Å². The minimum atomic E-state index is -0.452. The minimum Gasteiger partial charge on any atom is -0.462 e. The quantitative estimate of drug-likeness (QED) is 0.204. The van der Waals surface area contributed by atoms with Gasteiger partial charge in [0.15, 0.2) is 11.0 Å². The van der Waals surface area contributed by atoms with E-state index in [9.17, 15) is 9.59 Å². The lowest BCUT2D eigenvalue weighted by Crippen LogP contribution is -2.16. The average Bonchev–Trinajstić information content (AvgIpc) is 3.55. The number of aryl methyl sites for hydroxylation is 1. The van der Waals surface area contributed by atoms with Crippen molar-refractivity contribution in [2.45, 2.75) is 39.4 Å². The summed E-state index contributed by atoms with van der Waals surface area (Å²) in [6.45, 7) is 8.92. The summed E-state index contributed by atoms with van der Waals surface area (Å²) < 4.78 is 7.30. The van der Waals surface area contributed by atoms with Gasteiger partial charge in [0, 0.05) is 33.3 Å². The lowest BCUT2D eigenvalue weighted by molar-refractivity contribution is -0.113. The third kappa shape index (κ3) is 5.34. The minimum absolute atomic E-state index is 0.139. The fraction of sp³-hybridized carbons (Fsp3) is 0.280. The van der Waals surface area contributed by atoms with Crippen molar-refractivity contribution in [1.29, 1.82) is 0 Å². The number of carbonyl (C=O) groups excluding carboxylic acids is 2. The molecule has 0 fully saturated rings. The van der Waals surface area contributed by atoms with E-state index in [4.69, 9.17) is 4.74 Å². The second-order valence-electron chi connectivity index (χ2n) is 7.66. The van der Waals surface area contributed by atoms with E-state index in [2.05, 4.69) is 34.7 Å². The zero-order chi connectivity index (χ0) is 24.9. The number of hydrogen-bond acceptors (Lipinski definition) is 8. The van der Waals surface area contributed by atoms with Crippen LogP contribution in [0, 0.1) is 13.8 Å². The number of thiophene rings is 2. The molecule has 0 aliphatic rings. The predicted molar refractivity (Wildman–Crippen MR) is 144 cm³/mol. The molecule has 3 heterocycles. The highest BCUT2D eigenvalue weighted by Gasteiger charge is 2.23. The SMILES string of the molecule is CCOC(=O)c1c(-c2ccccc2)csc1NC(=O)CSc1nnc(-c2csc(C)c2C)n1CC. The van der Waals surface area contributed by atoms with Crippen LogP contribution in [0.5, 0.6) is 0 Å². The molecule has 0 saturated carbocycles. The van der Waals surface area contributed by atoms with Gasteiger partial charge in [-0.05, 0) is 38.8 Å². The maximum atomic E-state index is 12.9. The van der Waals surface area contributed by atoms with Crippen molar-refractivity contribution < 1.29 is 14.3 Å². The van der Waals surface area contributed by atoms with Crippen LogP contribution in [0.25, 0.3) is 22.5 Å². The van der Waals surface area contributed by atoms with E-state index in [1.807, 2.05) is 47.2 Å². The largest absolute Gasteiger partial charge is 0.462 e. The molecule has 182 valence electrons. The highest BCUT2D eigenvalue weighted by atomic mass is 32.2. The Morgan fingerprint density at radius 1 is 1.06 bits per heavy atom. The molecule has 1 N–H and O–H groups in total. The Kier molecular flexibility index (Phi) is 8.04. The van der Waals surface area contributed by atoms with E-state index in [1.54, 1.807) is 18.3 Å². The van der Waals surface area contributed by atoms with Crippen molar-refractivity contribution in [1.82, 2.24) is 14.8 Å². The van der Waals surface area contributed by atoms with Gasteiger partial charge in [-0.3, -0.25) is 4.79 Å². The molecular formula is C25H26N4O3S3. The number of aromatic nitrogens is 3. The summed E-state index contributed by atoms with van der Waals surface area (Å²) in [7, 11) is 0. The summed E-state index contributed by atoms with van der Waals surface area (Å²) in [5.41, 5.74) is 4.29. The van der Waals surface area contributed by atoms with Crippen molar-refractivity contribution in [3.63, 3.8) is 0 Å². The van der Waals surface area contributed by atoms with E-state index < -0.39 is 5.97 Å². The number of thioether (sulfide) groups is 1. The molecule has 4 aromatic rings. The number of anilines is 1. The van der Waals surface area contributed by atoms with Gasteiger partial charge in [0.2, 0.25) is 5.91 Å². The summed E-state index contributed by atoms with van der Waals surface area (Å²) in [6, 6.07) is 9.60. The van der Waals surface area contributed by atoms with Gasteiger partial charge in [-0.2, -0.15) is 0 Å². The summed E-state index contributed by atoms with van der Waals surface area (Å²) >= 11 is 4.33. The van der Waals surface area contributed by atoms with Gasteiger partial charge in [-0.15, -0.1) is 32.9 Å². The second kappa shape index (κ2) is 11.2.